The molecule has 1 atom stereocenters. The third kappa shape index (κ3) is 6.16. The summed E-state index contributed by atoms with van der Waals surface area (Å²) in [6, 6.07) is 5.36. The molecule has 0 spiro atoms. The quantitative estimate of drug-likeness (QED) is 0.776. The molecule has 1 aliphatic rings. The van der Waals surface area contributed by atoms with Gasteiger partial charge in [0.15, 0.2) is 0 Å². The molecule has 1 aromatic carbocycles. The van der Waals surface area contributed by atoms with Crippen molar-refractivity contribution in [2.45, 2.75) is 25.3 Å². The molecule has 2 rings (SSSR count). The van der Waals surface area contributed by atoms with Gasteiger partial charge in [-0.1, -0.05) is 0 Å². The Balaban J connectivity index is 1.67. The second-order valence-corrected chi connectivity index (χ2v) is 5.95. The summed E-state index contributed by atoms with van der Waals surface area (Å²) in [6.45, 7) is 1.80. The lowest BCUT2D eigenvalue weighted by atomic mass is 10.1. The van der Waals surface area contributed by atoms with E-state index in [0.717, 1.165) is 12.8 Å². The summed E-state index contributed by atoms with van der Waals surface area (Å²) in [7, 11) is 1.81. The summed E-state index contributed by atoms with van der Waals surface area (Å²) in [5.74, 6) is -0.00690. The number of carbonyl (C=O) groups excluding carboxylic acids is 2. The summed E-state index contributed by atoms with van der Waals surface area (Å²) < 4.78 is 18.3. The number of halogens is 1. The Bertz CT molecular complexity index is 551. The molecule has 0 aliphatic carbocycles. The predicted octanol–water partition coefficient (Wildman–Crippen LogP) is 0.921. The Kier molecular flexibility index (Phi) is 6.99. The molecular formula is C17H24FN3O3. The molecule has 7 heteroatoms. The number of hydrogen-bond donors (Lipinski definition) is 2. The van der Waals surface area contributed by atoms with Crippen molar-refractivity contribution in [3.05, 3.63) is 30.1 Å². The van der Waals surface area contributed by atoms with Gasteiger partial charge in [-0.2, -0.15) is 0 Å². The van der Waals surface area contributed by atoms with E-state index < -0.39 is 6.04 Å². The maximum Gasteiger partial charge on any atom is 0.242 e. The normalized spacial score (nSPS) is 18.0. The zero-order valence-electron chi connectivity index (χ0n) is 13.9. The number of nitrogens with zero attached hydrogens (tertiary/aromatic N) is 1. The van der Waals surface area contributed by atoms with Crippen LogP contribution < -0.4 is 15.4 Å². The van der Waals surface area contributed by atoms with E-state index in [1.165, 1.54) is 12.1 Å². The first kappa shape index (κ1) is 18.2. The molecule has 1 aliphatic heterocycles. The lowest BCUT2D eigenvalue weighted by molar-refractivity contribution is -0.129. The molecule has 1 unspecified atom stereocenters. The van der Waals surface area contributed by atoms with Crippen LogP contribution in [0.5, 0.6) is 5.75 Å². The number of likely N-dealkylation sites (N-methyl/N-ethyl adjacent to an activating group) is 1. The fourth-order valence-corrected chi connectivity index (χ4v) is 2.49. The van der Waals surface area contributed by atoms with Gasteiger partial charge < -0.3 is 15.4 Å². The van der Waals surface area contributed by atoms with E-state index in [1.807, 2.05) is 4.90 Å². The van der Waals surface area contributed by atoms with Gasteiger partial charge >= 0.3 is 0 Å². The van der Waals surface area contributed by atoms with Gasteiger partial charge in [-0.25, -0.2) is 4.39 Å². The molecule has 6 nitrogen and oxygen atoms in total. The van der Waals surface area contributed by atoms with Crippen molar-refractivity contribution in [3.8, 4) is 5.75 Å². The van der Waals surface area contributed by atoms with Crippen molar-refractivity contribution < 1.29 is 18.7 Å². The predicted molar refractivity (Wildman–Crippen MR) is 88.2 cm³/mol. The molecule has 1 saturated heterocycles. The van der Waals surface area contributed by atoms with Crippen LogP contribution in [0.15, 0.2) is 24.3 Å². The summed E-state index contributed by atoms with van der Waals surface area (Å²) in [5.41, 5.74) is 0. The van der Waals surface area contributed by atoms with Crippen LogP contribution in [-0.4, -0.2) is 56.0 Å². The topological polar surface area (TPSA) is 70.7 Å². The highest BCUT2D eigenvalue weighted by Crippen LogP contribution is 2.10. The maximum atomic E-state index is 12.8. The number of rotatable bonds is 7. The van der Waals surface area contributed by atoms with E-state index in [1.54, 1.807) is 19.2 Å². The SMILES string of the molecule is CN(CCOc1ccc(F)cc1)CC(=O)NC1CCCCNC1=O. The number of hydrogen-bond acceptors (Lipinski definition) is 4. The van der Waals surface area contributed by atoms with Crippen molar-refractivity contribution in [1.29, 1.82) is 0 Å². The molecule has 2 N–H and O–H groups in total. The van der Waals surface area contributed by atoms with E-state index >= 15 is 0 Å². The fourth-order valence-electron chi connectivity index (χ4n) is 2.49. The van der Waals surface area contributed by atoms with E-state index in [2.05, 4.69) is 10.6 Å². The summed E-state index contributed by atoms with van der Waals surface area (Å²) in [5, 5.41) is 5.57. The molecule has 1 heterocycles. The van der Waals surface area contributed by atoms with Crippen LogP contribution in [0, 0.1) is 5.82 Å². The van der Waals surface area contributed by atoms with Crippen LogP contribution in [-0.2, 0) is 9.59 Å². The van der Waals surface area contributed by atoms with Gasteiger partial charge in [-0.3, -0.25) is 14.5 Å². The third-order valence-corrected chi connectivity index (χ3v) is 3.84. The second-order valence-electron chi connectivity index (χ2n) is 5.95. The highest BCUT2D eigenvalue weighted by molar-refractivity contribution is 5.88. The number of nitrogens with one attached hydrogen (secondary N) is 2. The molecule has 0 saturated carbocycles. The highest BCUT2D eigenvalue weighted by atomic mass is 19.1. The lowest BCUT2D eigenvalue weighted by Gasteiger charge is -2.19. The fraction of sp³-hybridized carbons (Fsp3) is 0.529. The van der Waals surface area contributed by atoms with Crippen molar-refractivity contribution in [1.82, 2.24) is 15.5 Å². The van der Waals surface area contributed by atoms with Crippen LogP contribution in [0.3, 0.4) is 0 Å². The molecule has 0 radical (unpaired) electrons. The molecule has 132 valence electrons. The summed E-state index contributed by atoms with van der Waals surface area (Å²) >= 11 is 0. The van der Waals surface area contributed by atoms with E-state index in [9.17, 15) is 14.0 Å². The molecule has 0 aromatic heterocycles. The molecule has 24 heavy (non-hydrogen) atoms. The van der Waals surface area contributed by atoms with Crippen LogP contribution in [0.4, 0.5) is 4.39 Å². The Morgan fingerprint density at radius 3 is 2.88 bits per heavy atom. The first-order valence-corrected chi connectivity index (χ1v) is 8.18. The van der Waals surface area contributed by atoms with Crippen molar-refractivity contribution in [3.63, 3.8) is 0 Å². The number of benzene rings is 1. The van der Waals surface area contributed by atoms with E-state index in [4.69, 9.17) is 4.74 Å². The Morgan fingerprint density at radius 1 is 1.38 bits per heavy atom. The number of carbonyl (C=O) groups is 2. The maximum absolute atomic E-state index is 12.8. The van der Waals surface area contributed by atoms with Crippen LogP contribution in [0.1, 0.15) is 19.3 Å². The van der Waals surface area contributed by atoms with Gasteiger partial charge in [0, 0.05) is 13.1 Å². The Labute approximate surface area is 141 Å². The molecule has 1 aromatic rings. The molecule has 0 bridgehead atoms. The summed E-state index contributed by atoms with van der Waals surface area (Å²) in [4.78, 5) is 25.7. The number of ether oxygens (including phenoxy) is 1. The van der Waals surface area contributed by atoms with Gasteiger partial charge in [0.05, 0.1) is 6.54 Å². The second kappa shape index (κ2) is 9.22. The van der Waals surface area contributed by atoms with Crippen molar-refractivity contribution in [2.24, 2.45) is 0 Å². The lowest BCUT2D eigenvalue weighted by Crippen LogP contribution is -2.48. The Morgan fingerprint density at radius 2 is 2.12 bits per heavy atom. The van der Waals surface area contributed by atoms with Gasteiger partial charge in [-0.05, 0) is 50.6 Å². The standard InChI is InChI=1S/C17H24FN3O3/c1-21(10-11-24-14-7-5-13(18)6-8-14)12-16(22)20-15-4-2-3-9-19-17(15)23/h5-8,15H,2-4,9-12H2,1H3,(H,19,23)(H,20,22). The smallest absolute Gasteiger partial charge is 0.242 e. The van der Waals surface area contributed by atoms with Crippen molar-refractivity contribution >= 4 is 11.8 Å². The van der Waals surface area contributed by atoms with E-state index in [-0.39, 0.29) is 24.2 Å². The minimum absolute atomic E-state index is 0.108. The first-order chi connectivity index (χ1) is 11.5. The number of amides is 2. The highest BCUT2D eigenvalue weighted by Gasteiger charge is 2.22. The monoisotopic (exact) mass is 337 g/mol. The van der Waals surface area contributed by atoms with Gasteiger partial charge in [0.2, 0.25) is 11.8 Å². The van der Waals surface area contributed by atoms with Gasteiger partial charge in [-0.15, -0.1) is 0 Å². The first-order valence-electron chi connectivity index (χ1n) is 8.18. The zero-order valence-corrected chi connectivity index (χ0v) is 13.9. The molecule has 2 amide bonds. The minimum Gasteiger partial charge on any atom is -0.492 e. The van der Waals surface area contributed by atoms with Crippen molar-refractivity contribution in [2.75, 3.05) is 33.3 Å². The molecular weight excluding hydrogens is 313 g/mol. The Hall–Kier alpha value is -2.15. The average Bonchev–Trinajstić information content (AvgIpc) is 2.74. The van der Waals surface area contributed by atoms with Gasteiger partial charge in [0.25, 0.3) is 0 Å². The minimum atomic E-state index is -0.441. The average molecular weight is 337 g/mol. The summed E-state index contributed by atoms with van der Waals surface area (Å²) in [6.07, 6.45) is 2.54. The van der Waals surface area contributed by atoms with E-state index in [0.29, 0.717) is 31.9 Å². The van der Waals surface area contributed by atoms with Crippen LogP contribution >= 0.6 is 0 Å². The third-order valence-electron chi connectivity index (χ3n) is 3.84. The largest absolute Gasteiger partial charge is 0.492 e. The zero-order chi connectivity index (χ0) is 17.4. The van der Waals surface area contributed by atoms with Crippen LogP contribution in [0.2, 0.25) is 0 Å². The van der Waals surface area contributed by atoms with Gasteiger partial charge in [0.1, 0.15) is 24.2 Å². The molecule has 1 fully saturated rings. The van der Waals surface area contributed by atoms with Crippen LogP contribution in [0.25, 0.3) is 0 Å².